The van der Waals surface area contributed by atoms with E-state index in [-0.39, 0.29) is 17.1 Å². The molecule has 1 aliphatic rings. The van der Waals surface area contributed by atoms with E-state index in [0.29, 0.717) is 28.4 Å². The summed E-state index contributed by atoms with van der Waals surface area (Å²) in [5.41, 5.74) is 1.67. The number of amides is 2. The molecule has 130 valence electrons. The summed E-state index contributed by atoms with van der Waals surface area (Å²) < 4.78 is 10.4. The highest BCUT2D eigenvalue weighted by Gasteiger charge is 2.23. The van der Waals surface area contributed by atoms with Crippen molar-refractivity contribution < 1.29 is 19.1 Å². The summed E-state index contributed by atoms with van der Waals surface area (Å²) in [6.45, 7) is 1.85. The highest BCUT2D eigenvalue weighted by molar-refractivity contribution is 8.00. The van der Waals surface area contributed by atoms with Crippen molar-refractivity contribution in [1.29, 1.82) is 0 Å². The largest absolute Gasteiger partial charge is 0.497 e. The van der Waals surface area contributed by atoms with Crippen molar-refractivity contribution in [1.82, 2.24) is 0 Å². The Kier molecular flexibility index (Phi) is 4.85. The van der Waals surface area contributed by atoms with Gasteiger partial charge in [0.25, 0.3) is 5.91 Å². The molecule has 7 heteroatoms. The highest BCUT2D eigenvalue weighted by atomic mass is 32.2. The van der Waals surface area contributed by atoms with Crippen LogP contribution in [-0.2, 0) is 4.79 Å². The molecule has 2 aromatic rings. The van der Waals surface area contributed by atoms with E-state index in [0.717, 1.165) is 4.90 Å². The normalized spacial score (nSPS) is 15.8. The summed E-state index contributed by atoms with van der Waals surface area (Å²) in [5.74, 6) is 0.819. The zero-order valence-electron chi connectivity index (χ0n) is 14.1. The minimum Gasteiger partial charge on any atom is -0.497 e. The standard InChI is InChI=1S/C18H18N2O4S/c1-10-17(21)20-15-6-11(4-5-16(15)25-10)18(22)19-12-7-13(23-2)9-14(8-12)24-3/h4-10H,1-3H3,(H,19,22)(H,20,21)/t10-/m0/s1. The second kappa shape index (κ2) is 7.06. The smallest absolute Gasteiger partial charge is 0.255 e. The molecule has 0 aliphatic carbocycles. The first-order chi connectivity index (χ1) is 12.0. The van der Waals surface area contributed by atoms with Crippen molar-refractivity contribution >= 4 is 35.0 Å². The van der Waals surface area contributed by atoms with Gasteiger partial charge in [-0.2, -0.15) is 0 Å². The number of methoxy groups -OCH3 is 2. The van der Waals surface area contributed by atoms with Crippen LogP contribution < -0.4 is 20.1 Å². The first kappa shape index (κ1) is 17.2. The number of hydrogen-bond donors (Lipinski definition) is 2. The third kappa shape index (κ3) is 3.71. The molecule has 0 saturated carbocycles. The van der Waals surface area contributed by atoms with Crippen LogP contribution in [0.1, 0.15) is 17.3 Å². The van der Waals surface area contributed by atoms with E-state index in [2.05, 4.69) is 10.6 Å². The number of thioether (sulfide) groups is 1. The molecule has 0 bridgehead atoms. The van der Waals surface area contributed by atoms with Crippen molar-refractivity contribution in [3.05, 3.63) is 42.0 Å². The van der Waals surface area contributed by atoms with Gasteiger partial charge in [-0.25, -0.2) is 0 Å². The molecule has 1 aliphatic heterocycles. The Morgan fingerprint density at radius 1 is 1.12 bits per heavy atom. The van der Waals surface area contributed by atoms with E-state index < -0.39 is 0 Å². The SMILES string of the molecule is COc1cc(NC(=O)c2ccc3c(c2)NC(=O)[C@H](C)S3)cc(OC)c1. The van der Waals surface area contributed by atoms with Gasteiger partial charge in [0.15, 0.2) is 0 Å². The number of hydrogen-bond acceptors (Lipinski definition) is 5. The van der Waals surface area contributed by atoms with Crippen LogP contribution >= 0.6 is 11.8 Å². The van der Waals surface area contributed by atoms with E-state index in [1.165, 1.54) is 11.8 Å². The van der Waals surface area contributed by atoms with Crippen molar-refractivity contribution in [2.75, 3.05) is 24.9 Å². The number of anilines is 2. The molecule has 3 rings (SSSR count). The number of carbonyl (C=O) groups excluding carboxylic acids is 2. The van der Waals surface area contributed by atoms with Gasteiger partial charge in [-0.3, -0.25) is 9.59 Å². The minimum atomic E-state index is -0.282. The van der Waals surface area contributed by atoms with Crippen molar-refractivity contribution in [3.63, 3.8) is 0 Å². The average Bonchev–Trinajstić information content (AvgIpc) is 2.61. The molecule has 2 aromatic carbocycles. The molecule has 6 nitrogen and oxygen atoms in total. The summed E-state index contributed by atoms with van der Waals surface area (Å²) in [6.07, 6.45) is 0. The number of fused-ring (bicyclic) bond motifs is 1. The monoisotopic (exact) mass is 358 g/mol. The van der Waals surface area contributed by atoms with E-state index in [9.17, 15) is 9.59 Å². The lowest BCUT2D eigenvalue weighted by Crippen LogP contribution is -2.26. The molecule has 0 aromatic heterocycles. The maximum absolute atomic E-state index is 12.5. The zero-order chi connectivity index (χ0) is 18.0. The van der Waals surface area contributed by atoms with Gasteiger partial charge < -0.3 is 20.1 Å². The molecular formula is C18H18N2O4S. The Morgan fingerprint density at radius 3 is 2.44 bits per heavy atom. The zero-order valence-corrected chi connectivity index (χ0v) is 14.9. The van der Waals surface area contributed by atoms with Gasteiger partial charge in [0.2, 0.25) is 5.91 Å². The predicted molar refractivity (Wildman–Crippen MR) is 97.9 cm³/mol. The quantitative estimate of drug-likeness (QED) is 0.876. The summed E-state index contributed by atoms with van der Waals surface area (Å²) in [4.78, 5) is 25.3. The number of nitrogens with one attached hydrogen (secondary N) is 2. The van der Waals surface area contributed by atoms with Gasteiger partial charge in [0.05, 0.1) is 25.2 Å². The fourth-order valence-electron chi connectivity index (χ4n) is 2.43. The van der Waals surface area contributed by atoms with Crippen molar-refractivity contribution in [2.45, 2.75) is 17.1 Å². The van der Waals surface area contributed by atoms with E-state index in [1.54, 1.807) is 44.6 Å². The van der Waals surface area contributed by atoms with E-state index in [4.69, 9.17) is 9.47 Å². The number of carbonyl (C=O) groups is 2. The maximum atomic E-state index is 12.5. The number of ether oxygens (including phenoxy) is 2. The van der Waals surface area contributed by atoms with Gasteiger partial charge in [0.1, 0.15) is 11.5 Å². The molecule has 0 radical (unpaired) electrons. The summed E-state index contributed by atoms with van der Waals surface area (Å²) >= 11 is 1.48. The Bertz CT molecular complexity index is 816. The molecule has 1 atom stereocenters. The van der Waals surface area contributed by atoms with Crippen LogP contribution in [0, 0.1) is 0 Å². The summed E-state index contributed by atoms with van der Waals surface area (Å²) in [5, 5.41) is 5.50. The van der Waals surface area contributed by atoms with Crippen LogP contribution in [0.15, 0.2) is 41.3 Å². The number of rotatable bonds is 4. The molecule has 1 heterocycles. The van der Waals surface area contributed by atoms with Crippen LogP contribution in [0.25, 0.3) is 0 Å². The van der Waals surface area contributed by atoms with Crippen LogP contribution in [0.2, 0.25) is 0 Å². The molecule has 0 fully saturated rings. The molecule has 25 heavy (non-hydrogen) atoms. The van der Waals surface area contributed by atoms with Gasteiger partial charge in [-0.1, -0.05) is 0 Å². The Morgan fingerprint density at radius 2 is 1.80 bits per heavy atom. The van der Waals surface area contributed by atoms with Gasteiger partial charge in [-0.15, -0.1) is 11.8 Å². The summed E-state index contributed by atoms with van der Waals surface area (Å²) in [6, 6.07) is 10.4. The van der Waals surface area contributed by atoms with Crippen LogP contribution in [0.3, 0.4) is 0 Å². The molecule has 0 spiro atoms. The minimum absolute atomic E-state index is 0.0624. The van der Waals surface area contributed by atoms with Gasteiger partial charge in [0, 0.05) is 34.3 Å². The lowest BCUT2D eigenvalue weighted by atomic mass is 10.1. The molecule has 0 saturated heterocycles. The Balaban J connectivity index is 1.82. The fourth-order valence-corrected chi connectivity index (χ4v) is 3.36. The fraction of sp³-hybridized carbons (Fsp3) is 0.222. The lowest BCUT2D eigenvalue weighted by molar-refractivity contribution is -0.115. The van der Waals surface area contributed by atoms with Crippen LogP contribution in [0.4, 0.5) is 11.4 Å². The molecule has 0 unspecified atom stereocenters. The molecule has 2 N–H and O–H groups in total. The van der Waals surface area contributed by atoms with Gasteiger partial charge >= 0.3 is 0 Å². The topological polar surface area (TPSA) is 76.7 Å². The lowest BCUT2D eigenvalue weighted by Gasteiger charge is -2.21. The molecule has 2 amide bonds. The van der Waals surface area contributed by atoms with Crippen LogP contribution in [0.5, 0.6) is 11.5 Å². The average molecular weight is 358 g/mol. The second-order valence-corrected chi connectivity index (χ2v) is 6.90. The predicted octanol–water partition coefficient (Wildman–Crippen LogP) is 3.39. The van der Waals surface area contributed by atoms with Gasteiger partial charge in [-0.05, 0) is 25.1 Å². The third-order valence-corrected chi connectivity index (χ3v) is 4.96. The summed E-state index contributed by atoms with van der Waals surface area (Å²) in [7, 11) is 3.09. The Hall–Kier alpha value is -2.67. The van der Waals surface area contributed by atoms with Crippen molar-refractivity contribution in [2.24, 2.45) is 0 Å². The second-order valence-electron chi connectivity index (χ2n) is 5.52. The van der Waals surface area contributed by atoms with Crippen molar-refractivity contribution in [3.8, 4) is 11.5 Å². The van der Waals surface area contributed by atoms with E-state index in [1.807, 2.05) is 13.0 Å². The first-order valence-electron chi connectivity index (χ1n) is 7.66. The number of benzene rings is 2. The van der Waals surface area contributed by atoms with Crippen LogP contribution in [-0.4, -0.2) is 31.3 Å². The molecular weight excluding hydrogens is 340 g/mol. The maximum Gasteiger partial charge on any atom is 0.255 e. The highest BCUT2D eigenvalue weighted by Crippen LogP contribution is 2.36. The Labute approximate surface area is 149 Å². The third-order valence-electron chi connectivity index (χ3n) is 3.78. The van der Waals surface area contributed by atoms with E-state index >= 15 is 0 Å². The first-order valence-corrected chi connectivity index (χ1v) is 8.54.